The Balaban J connectivity index is 3.52. The summed E-state index contributed by atoms with van der Waals surface area (Å²) in [6, 6.07) is 0.643. The van der Waals surface area contributed by atoms with Gasteiger partial charge in [-0.15, -0.1) is 12.6 Å². The number of rotatable bonds is 5. The molecule has 0 bridgehead atoms. The summed E-state index contributed by atoms with van der Waals surface area (Å²) in [6.07, 6.45) is -1.82. The summed E-state index contributed by atoms with van der Waals surface area (Å²) < 4.78 is 21.6. The fourth-order valence-electron chi connectivity index (χ4n) is 2.44. The smallest absolute Gasteiger partial charge is 0.420 e. The quantitative estimate of drug-likeness (QED) is 0.566. The lowest BCUT2D eigenvalue weighted by Crippen LogP contribution is -2.43. The molecule has 0 saturated carbocycles. The maximum absolute atomic E-state index is 12.8. The molecule has 3 N–H and O–H groups in total. The summed E-state index contributed by atoms with van der Waals surface area (Å²) in [7, 11) is 2.76. The number of ether oxygens (including phenoxy) is 4. The molecule has 4 amide bonds. The molecule has 0 atom stereocenters. The van der Waals surface area contributed by atoms with Gasteiger partial charge in [-0.05, 0) is 41.5 Å². The second-order valence-corrected chi connectivity index (χ2v) is 8.97. The van der Waals surface area contributed by atoms with Crippen LogP contribution in [0.5, 0.6) is 11.5 Å². The van der Waals surface area contributed by atoms with E-state index in [1.807, 2.05) is 0 Å². The largest absolute Gasteiger partial charge is 0.496 e. The van der Waals surface area contributed by atoms with Crippen LogP contribution in [0.2, 0.25) is 0 Å². The lowest BCUT2D eigenvalue weighted by Gasteiger charge is -2.29. The second-order valence-electron chi connectivity index (χ2n) is 8.52. The first-order valence-electron chi connectivity index (χ1n) is 9.36. The van der Waals surface area contributed by atoms with Crippen LogP contribution in [0.25, 0.3) is 0 Å². The number of carbonyl (C=O) groups excluding carboxylic acids is 3. The van der Waals surface area contributed by atoms with Gasteiger partial charge in [-0.25, -0.2) is 19.3 Å². The molecule has 0 saturated heterocycles. The minimum Gasteiger partial charge on any atom is -0.496 e. The third-order valence-corrected chi connectivity index (χ3v) is 3.99. The number of benzene rings is 1. The van der Waals surface area contributed by atoms with Crippen molar-refractivity contribution in [1.82, 2.24) is 4.90 Å². The Morgan fingerprint density at radius 3 is 1.84 bits per heavy atom. The highest BCUT2D eigenvalue weighted by atomic mass is 32.1. The van der Waals surface area contributed by atoms with Gasteiger partial charge in [0.2, 0.25) is 0 Å². The van der Waals surface area contributed by atoms with Crippen LogP contribution in [0.4, 0.5) is 20.1 Å². The first-order chi connectivity index (χ1) is 14.1. The average Bonchev–Trinajstić information content (AvgIpc) is 2.57. The number of imide groups is 1. The molecular weight excluding hydrogens is 426 g/mol. The number of primary amides is 1. The van der Waals surface area contributed by atoms with E-state index in [0.717, 1.165) is 4.90 Å². The van der Waals surface area contributed by atoms with Crippen LogP contribution in [-0.2, 0) is 16.0 Å². The first-order valence-corrected chi connectivity index (χ1v) is 9.81. The monoisotopic (exact) mass is 457 g/mol. The Hall–Kier alpha value is -2.82. The summed E-state index contributed by atoms with van der Waals surface area (Å²) >= 11 is 4.38. The minimum atomic E-state index is -0.911. The van der Waals surface area contributed by atoms with E-state index in [9.17, 15) is 14.4 Å². The van der Waals surface area contributed by atoms with Gasteiger partial charge in [0.25, 0.3) is 0 Å². The maximum atomic E-state index is 12.8. The van der Waals surface area contributed by atoms with Gasteiger partial charge in [0, 0.05) is 6.07 Å². The number of anilines is 1. The zero-order valence-corrected chi connectivity index (χ0v) is 20.0. The van der Waals surface area contributed by atoms with Crippen molar-refractivity contribution in [3.63, 3.8) is 0 Å². The highest BCUT2D eigenvalue weighted by Crippen LogP contribution is 2.41. The van der Waals surface area contributed by atoms with Gasteiger partial charge >= 0.3 is 18.2 Å². The van der Waals surface area contributed by atoms with Crippen molar-refractivity contribution in [1.29, 1.82) is 0 Å². The van der Waals surface area contributed by atoms with E-state index >= 15 is 0 Å². The van der Waals surface area contributed by atoms with Crippen LogP contribution >= 0.6 is 12.6 Å². The van der Waals surface area contributed by atoms with E-state index in [0.29, 0.717) is 5.56 Å². The van der Waals surface area contributed by atoms with Gasteiger partial charge in [-0.2, -0.15) is 0 Å². The molecule has 1 aromatic rings. The fraction of sp³-hybridized carbons (Fsp3) is 0.550. The van der Waals surface area contributed by atoms with Gasteiger partial charge < -0.3 is 30.0 Å². The molecule has 0 spiro atoms. The summed E-state index contributed by atoms with van der Waals surface area (Å²) in [5, 5.41) is 2.42. The number of amides is 4. The lowest BCUT2D eigenvalue weighted by molar-refractivity contribution is -0.000438. The number of carbonyl (C=O) groups is 3. The summed E-state index contributed by atoms with van der Waals surface area (Å²) in [5.41, 5.74) is 4.03. The van der Waals surface area contributed by atoms with E-state index in [4.69, 9.17) is 24.7 Å². The van der Waals surface area contributed by atoms with Gasteiger partial charge in [-0.1, -0.05) is 0 Å². The van der Waals surface area contributed by atoms with E-state index in [1.165, 1.54) is 20.3 Å². The van der Waals surface area contributed by atoms with Crippen molar-refractivity contribution in [2.75, 3.05) is 19.5 Å². The predicted molar refractivity (Wildman–Crippen MR) is 118 cm³/mol. The summed E-state index contributed by atoms with van der Waals surface area (Å²) in [4.78, 5) is 37.9. The predicted octanol–water partition coefficient (Wildman–Crippen LogP) is 4.16. The van der Waals surface area contributed by atoms with Crippen molar-refractivity contribution in [3.8, 4) is 11.5 Å². The van der Waals surface area contributed by atoms with Crippen LogP contribution in [0.1, 0.15) is 47.1 Å². The Morgan fingerprint density at radius 1 is 1.00 bits per heavy atom. The third-order valence-electron chi connectivity index (χ3n) is 3.54. The van der Waals surface area contributed by atoms with Crippen molar-refractivity contribution in [2.45, 2.75) is 64.2 Å². The van der Waals surface area contributed by atoms with Crippen LogP contribution in [-0.4, -0.2) is 48.5 Å². The van der Waals surface area contributed by atoms with Gasteiger partial charge in [-0.3, -0.25) is 0 Å². The molecule has 0 aromatic heterocycles. The first kappa shape index (κ1) is 26.2. The lowest BCUT2D eigenvalue weighted by atomic mass is 10.1. The van der Waals surface area contributed by atoms with Gasteiger partial charge in [0.1, 0.15) is 22.7 Å². The van der Waals surface area contributed by atoms with Crippen LogP contribution < -0.4 is 20.5 Å². The number of thiol groups is 1. The van der Waals surface area contributed by atoms with Crippen molar-refractivity contribution in [2.24, 2.45) is 5.73 Å². The average molecular weight is 458 g/mol. The Bertz CT molecular complexity index is 817. The number of nitrogens with one attached hydrogen (secondary N) is 1. The van der Waals surface area contributed by atoms with Crippen LogP contribution in [0, 0.1) is 0 Å². The Labute approximate surface area is 187 Å². The number of nitrogens with two attached hydrogens (primary N) is 1. The highest BCUT2D eigenvalue weighted by Gasteiger charge is 2.33. The SMILES string of the molecule is COc1cc(NC(N)=O)c(S)c(OC)c1CN(C(=O)OC(C)(C)C)C(=O)OC(C)(C)C. The zero-order chi connectivity index (χ0) is 24.1. The standard InChI is InChI=1S/C20H31N3O7S/c1-19(2,3)29-17(25)23(18(26)30-20(4,5)6)10-11-13(27-7)9-12(22-16(21)24)15(31)14(11)28-8/h9,31H,10H2,1-8H3,(H3,21,22,24). The Kier molecular flexibility index (Phi) is 8.45. The van der Waals surface area contributed by atoms with Crippen molar-refractivity contribution < 1.29 is 33.3 Å². The molecule has 0 heterocycles. The molecule has 1 aromatic carbocycles. The molecule has 0 aliphatic rings. The van der Waals surface area contributed by atoms with E-state index in [-0.39, 0.29) is 28.6 Å². The van der Waals surface area contributed by atoms with Crippen LogP contribution in [0.15, 0.2) is 11.0 Å². The van der Waals surface area contributed by atoms with Crippen molar-refractivity contribution >= 4 is 36.5 Å². The number of urea groups is 1. The molecule has 0 fully saturated rings. The molecular formula is C20H31N3O7S. The van der Waals surface area contributed by atoms with Crippen LogP contribution in [0.3, 0.4) is 0 Å². The molecule has 31 heavy (non-hydrogen) atoms. The number of methoxy groups -OCH3 is 2. The maximum Gasteiger partial charge on any atom is 0.420 e. The molecule has 10 nitrogen and oxygen atoms in total. The molecule has 0 aliphatic heterocycles. The van der Waals surface area contributed by atoms with E-state index < -0.39 is 29.4 Å². The molecule has 0 radical (unpaired) electrons. The van der Waals surface area contributed by atoms with Crippen molar-refractivity contribution in [3.05, 3.63) is 11.6 Å². The summed E-state index contributed by atoms with van der Waals surface area (Å²) in [6.45, 7) is 9.75. The fourth-order valence-corrected chi connectivity index (χ4v) is 2.79. The number of hydrogen-bond acceptors (Lipinski definition) is 8. The molecule has 0 unspecified atom stereocenters. The van der Waals surface area contributed by atoms with Gasteiger partial charge in [0.05, 0.1) is 36.9 Å². The molecule has 11 heteroatoms. The molecule has 0 aliphatic carbocycles. The van der Waals surface area contributed by atoms with Gasteiger partial charge in [0.15, 0.2) is 0 Å². The number of hydrogen-bond donors (Lipinski definition) is 3. The normalized spacial score (nSPS) is 11.4. The third kappa shape index (κ3) is 7.74. The van der Waals surface area contributed by atoms with E-state index in [1.54, 1.807) is 41.5 Å². The number of nitrogens with zero attached hydrogens (tertiary/aromatic N) is 1. The Morgan fingerprint density at radius 2 is 1.48 bits per heavy atom. The zero-order valence-electron chi connectivity index (χ0n) is 19.1. The molecule has 174 valence electrons. The summed E-state index contributed by atoms with van der Waals surface area (Å²) in [5.74, 6) is 0.388. The topological polar surface area (TPSA) is 129 Å². The molecule has 1 rings (SSSR count). The minimum absolute atomic E-state index is 0.170. The van der Waals surface area contributed by atoms with E-state index in [2.05, 4.69) is 17.9 Å². The highest BCUT2D eigenvalue weighted by molar-refractivity contribution is 7.80. The second kappa shape index (κ2) is 9.99.